The molecule has 0 radical (unpaired) electrons. The van der Waals surface area contributed by atoms with Crippen LogP contribution in [0.4, 0.5) is 10.5 Å². The fraction of sp³-hybridized carbons (Fsp3) is 0.440. The summed E-state index contributed by atoms with van der Waals surface area (Å²) in [6.07, 6.45) is -1.24. The number of hydroxylamine groups is 1. The van der Waals surface area contributed by atoms with E-state index in [9.17, 15) is 24.7 Å². The van der Waals surface area contributed by atoms with Crippen molar-refractivity contribution in [3.8, 4) is 5.75 Å². The van der Waals surface area contributed by atoms with E-state index in [0.717, 1.165) is 17.0 Å². The van der Waals surface area contributed by atoms with Crippen LogP contribution >= 0.6 is 0 Å². The largest absolute Gasteiger partial charge is 0.489 e. The topological polar surface area (TPSA) is 141 Å². The molecule has 0 bridgehead atoms. The van der Waals surface area contributed by atoms with Gasteiger partial charge in [0.15, 0.2) is 0 Å². The Morgan fingerprint density at radius 1 is 1.14 bits per heavy atom. The highest BCUT2D eigenvalue weighted by Gasteiger charge is 2.60. The number of amides is 3. The van der Waals surface area contributed by atoms with Crippen LogP contribution < -0.4 is 20.4 Å². The number of carbonyl (C=O) groups is 3. The lowest BCUT2D eigenvalue weighted by Crippen LogP contribution is -2.70. The van der Waals surface area contributed by atoms with Crippen molar-refractivity contribution >= 4 is 23.6 Å². The fourth-order valence-electron chi connectivity index (χ4n) is 4.84. The molecule has 3 amide bonds. The molecule has 2 aromatic rings. The molecule has 2 atom stereocenters. The van der Waals surface area contributed by atoms with Crippen LogP contribution in [0, 0.1) is 25.2 Å². The SMILES string of the molecule is Cc1cc(COc2ccc(N3CC[C@H]([C@@](NC(=O)O)(C(=O)NO)C(C)(C)C)C3=O)cc2)cc(C)n1. The third-order valence-corrected chi connectivity index (χ3v) is 6.37. The number of hydrogen-bond acceptors (Lipinski definition) is 6. The molecule has 0 unspecified atom stereocenters. The zero-order valence-electron chi connectivity index (χ0n) is 20.6. The maximum atomic E-state index is 13.5. The molecular formula is C25H32N4O6. The third kappa shape index (κ3) is 5.22. The van der Waals surface area contributed by atoms with Gasteiger partial charge in [0.1, 0.15) is 17.9 Å². The molecule has 35 heavy (non-hydrogen) atoms. The molecule has 1 saturated heterocycles. The van der Waals surface area contributed by atoms with E-state index in [-0.39, 0.29) is 13.0 Å². The van der Waals surface area contributed by atoms with Crippen LogP contribution in [0.25, 0.3) is 0 Å². The standard InChI is InChI=1S/C25H32N4O6/c1-15-12-17(13-16(2)26-15)14-35-19-8-6-18(7-9-19)29-11-10-20(21(29)30)25(22(31)28-34,24(3,4)5)27-23(32)33/h6-9,12-13,20,27,34H,10-11,14H2,1-5H3,(H,28,31)(H,32,33)/t20-,25+/m0/s1. The van der Waals surface area contributed by atoms with Crippen LogP contribution in [0.2, 0.25) is 0 Å². The van der Waals surface area contributed by atoms with E-state index in [1.54, 1.807) is 50.5 Å². The minimum absolute atomic E-state index is 0.225. The van der Waals surface area contributed by atoms with Crippen LogP contribution in [0.3, 0.4) is 0 Å². The molecule has 2 heterocycles. The Morgan fingerprint density at radius 2 is 1.74 bits per heavy atom. The molecule has 0 aliphatic carbocycles. The predicted octanol–water partition coefficient (Wildman–Crippen LogP) is 3.19. The van der Waals surface area contributed by atoms with Gasteiger partial charge in [0.05, 0.1) is 5.92 Å². The molecule has 1 fully saturated rings. The van der Waals surface area contributed by atoms with Crippen molar-refractivity contribution in [1.29, 1.82) is 0 Å². The van der Waals surface area contributed by atoms with E-state index in [1.165, 1.54) is 4.90 Å². The summed E-state index contributed by atoms with van der Waals surface area (Å²) in [6.45, 7) is 9.45. The Hall–Kier alpha value is -3.66. The van der Waals surface area contributed by atoms with Crippen LogP contribution in [0.15, 0.2) is 36.4 Å². The molecule has 0 saturated carbocycles. The Labute approximate surface area is 204 Å². The summed E-state index contributed by atoms with van der Waals surface area (Å²) in [6, 6.07) is 10.9. The third-order valence-electron chi connectivity index (χ3n) is 6.37. The van der Waals surface area contributed by atoms with Gasteiger partial charge in [0.25, 0.3) is 5.91 Å². The highest BCUT2D eigenvalue weighted by molar-refractivity contribution is 6.04. The average molecular weight is 485 g/mol. The molecule has 188 valence electrons. The van der Waals surface area contributed by atoms with Crippen molar-refractivity contribution in [1.82, 2.24) is 15.8 Å². The molecule has 1 aliphatic heterocycles. The van der Waals surface area contributed by atoms with Crippen LogP contribution in [0.1, 0.15) is 44.1 Å². The number of nitrogens with one attached hydrogen (secondary N) is 2. The van der Waals surface area contributed by atoms with E-state index < -0.39 is 34.8 Å². The van der Waals surface area contributed by atoms with Crippen molar-refractivity contribution in [2.45, 2.75) is 53.2 Å². The number of anilines is 1. The van der Waals surface area contributed by atoms with Crippen LogP contribution in [-0.2, 0) is 16.2 Å². The second kappa shape index (κ2) is 9.91. The van der Waals surface area contributed by atoms with Gasteiger partial charge in [-0.1, -0.05) is 20.8 Å². The lowest BCUT2D eigenvalue weighted by molar-refractivity contribution is -0.148. The van der Waals surface area contributed by atoms with Crippen molar-refractivity contribution in [2.75, 3.05) is 11.4 Å². The summed E-state index contributed by atoms with van der Waals surface area (Å²) in [5, 5.41) is 21.1. The maximum absolute atomic E-state index is 13.5. The Kier molecular flexibility index (Phi) is 7.35. The molecule has 1 aromatic carbocycles. The summed E-state index contributed by atoms with van der Waals surface area (Å²) in [5.74, 6) is -1.77. The van der Waals surface area contributed by atoms with Gasteiger partial charge < -0.3 is 20.1 Å². The first-order valence-electron chi connectivity index (χ1n) is 11.3. The monoisotopic (exact) mass is 484 g/mol. The van der Waals surface area contributed by atoms with Gasteiger partial charge in [-0.15, -0.1) is 0 Å². The minimum atomic E-state index is -1.87. The highest BCUT2D eigenvalue weighted by atomic mass is 16.5. The van der Waals surface area contributed by atoms with Gasteiger partial charge in [0, 0.05) is 23.6 Å². The van der Waals surface area contributed by atoms with Gasteiger partial charge in [-0.25, -0.2) is 10.3 Å². The molecule has 10 heteroatoms. The van der Waals surface area contributed by atoms with Crippen molar-refractivity contribution in [2.24, 2.45) is 11.3 Å². The summed E-state index contributed by atoms with van der Waals surface area (Å²) in [4.78, 5) is 43.7. The number of aryl methyl sites for hydroxylation is 2. The highest BCUT2D eigenvalue weighted by Crippen LogP contribution is 2.43. The van der Waals surface area contributed by atoms with Gasteiger partial charge in [0.2, 0.25) is 5.91 Å². The zero-order valence-corrected chi connectivity index (χ0v) is 20.6. The average Bonchev–Trinajstić information content (AvgIpc) is 3.15. The quantitative estimate of drug-likeness (QED) is 0.349. The number of ether oxygens (including phenoxy) is 1. The number of hydrogen-bond donors (Lipinski definition) is 4. The van der Waals surface area contributed by atoms with Crippen LogP contribution in [0.5, 0.6) is 5.75 Å². The molecule has 1 aromatic heterocycles. The van der Waals surface area contributed by atoms with E-state index in [1.807, 2.05) is 26.0 Å². The number of carboxylic acid groups (broad SMARTS) is 1. The molecule has 0 spiro atoms. The summed E-state index contributed by atoms with van der Waals surface area (Å²) in [5.41, 5.74) is 2.10. The molecule has 4 N–H and O–H groups in total. The predicted molar refractivity (Wildman–Crippen MR) is 128 cm³/mol. The molecule has 10 nitrogen and oxygen atoms in total. The molecule has 1 aliphatic rings. The van der Waals surface area contributed by atoms with E-state index in [0.29, 0.717) is 18.0 Å². The second-order valence-corrected chi connectivity index (χ2v) is 9.80. The molecule has 3 rings (SSSR count). The number of aromatic nitrogens is 1. The van der Waals surface area contributed by atoms with Crippen LogP contribution in [-0.4, -0.2) is 45.3 Å². The molecular weight excluding hydrogens is 452 g/mol. The first kappa shape index (κ1) is 26.0. The normalized spacial score (nSPS) is 17.6. The summed E-state index contributed by atoms with van der Waals surface area (Å²) >= 11 is 0. The Bertz CT molecular complexity index is 1090. The lowest BCUT2D eigenvalue weighted by atomic mass is 9.64. The lowest BCUT2D eigenvalue weighted by Gasteiger charge is -2.45. The number of rotatable bonds is 7. The number of nitrogens with zero attached hydrogens (tertiary/aromatic N) is 2. The first-order valence-corrected chi connectivity index (χ1v) is 11.3. The number of benzene rings is 1. The summed E-state index contributed by atoms with van der Waals surface area (Å²) in [7, 11) is 0. The van der Waals surface area contributed by atoms with Gasteiger partial charge >= 0.3 is 6.09 Å². The Balaban J connectivity index is 1.80. The number of pyridine rings is 1. The smallest absolute Gasteiger partial charge is 0.405 e. The van der Waals surface area contributed by atoms with Gasteiger partial charge in [-0.2, -0.15) is 0 Å². The van der Waals surface area contributed by atoms with E-state index in [2.05, 4.69) is 10.3 Å². The number of carbonyl (C=O) groups excluding carboxylic acids is 2. The van der Waals surface area contributed by atoms with Gasteiger partial charge in [-0.05, 0) is 67.6 Å². The van der Waals surface area contributed by atoms with Crippen molar-refractivity contribution in [3.63, 3.8) is 0 Å². The summed E-state index contributed by atoms with van der Waals surface area (Å²) < 4.78 is 5.87. The zero-order chi connectivity index (χ0) is 26.0. The first-order chi connectivity index (χ1) is 16.4. The minimum Gasteiger partial charge on any atom is -0.489 e. The Morgan fingerprint density at radius 3 is 2.26 bits per heavy atom. The van der Waals surface area contributed by atoms with Gasteiger partial charge in [-0.3, -0.25) is 19.8 Å². The van der Waals surface area contributed by atoms with E-state index in [4.69, 9.17) is 4.74 Å². The fourth-order valence-corrected chi connectivity index (χ4v) is 4.84. The van der Waals surface area contributed by atoms with Crippen molar-refractivity contribution < 1.29 is 29.4 Å². The second-order valence-electron chi connectivity index (χ2n) is 9.80. The van der Waals surface area contributed by atoms with E-state index >= 15 is 0 Å². The van der Waals surface area contributed by atoms with Crippen molar-refractivity contribution in [3.05, 3.63) is 53.3 Å². The maximum Gasteiger partial charge on any atom is 0.405 e.